The number of rotatable bonds is 4. The van der Waals surface area contributed by atoms with E-state index in [0.29, 0.717) is 0 Å². The molecule has 144 valence electrons. The predicted octanol–water partition coefficient (Wildman–Crippen LogP) is 5.64. The van der Waals surface area contributed by atoms with Gasteiger partial charge in [-0.3, -0.25) is 5.10 Å². The number of thioether (sulfide) groups is 1. The number of nitrogens with one attached hydrogen (secondary N) is 1. The Hall–Kier alpha value is -2.53. The van der Waals surface area contributed by atoms with E-state index in [0.717, 1.165) is 23.5 Å². The van der Waals surface area contributed by atoms with Crippen molar-refractivity contribution in [2.24, 2.45) is 0 Å². The molecule has 5 heteroatoms. The zero-order chi connectivity index (χ0) is 19.9. The molecule has 2 aromatic carbocycles. The topological polar surface area (TPSA) is 46.0 Å². The molecule has 0 amide bonds. The van der Waals surface area contributed by atoms with E-state index >= 15 is 0 Å². The highest BCUT2D eigenvalue weighted by Gasteiger charge is 2.25. The second-order valence-corrected chi connectivity index (χ2v) is 9.08. The van der Waals surface area contributed by atoms with Gasteiger partial charge in [0.1, 0.15) is 0 Å². The Balaban J connectivity index is 1.78. The van der Waals surface area contributed by atoms with Crippen molar-refractivity contribution in [3.63, 3.8) is 0 Å². The molecule has 0 bridgehead atoms. The van der Waals surface area contributed by atoms with Crippen molar-refractivity contribution in [1.29, 1.82) is 0 Å². The Kier molecular flexibility index (Phi) is 4.79. The lowest BCUT2D eigenvalue weighted by Crippen LogP contribution is -2.13. The van der Waals surface area contributed by atoms with Gasteiger partial charge >= 0.3 is 0 Å². The second-order valence-electron chi connectivity index (χ2n) is 8.26. The Bertz CT molecular complexity index is 1130. The quantitative estimate of drug-likeness (QED) is 0.459. The molecule has 0 aliphatic carbocycles. The molecule has 2 heterocycles. The van der Waals surface area contributed by atoms with Crippen LogP contribution in [0.1, 0.15) is 43.2 Å². The first-order valence-electron chi connectivity index (χ1n) is 9.54. The van der Waals surface area contributed by atoms with Gasteiger partial charge in [-0.2, -0.15) is 4.63 Å². The molecule has 28 heavy (non-hydrogen) atoms. The van der Waals surface area contributed by atoms with E-state index in [1.54, 1.807) is 11.8 Å². The van der Waals surface area contributed by atoms with E-state index in [9.17, 15) is 0 Å². The molecular formula is C23H26N4S. The fourth-order valence-corrected chi connectivity index (χ4v) is 4.43. The fraction of sp³-hybridized carbons (Fsp3) is 0.304. The van der Waals surface area contributed by atoms with Gasteiger partial charge in [0.25, 0.3) is 0 Å². The van der Waals surface area contributed by atoms with Gasteiger partial charge in [0, 0.05) is 11.0 Å². The maximum absolute atomic E-state index is 4.91. The van der Waals surface area contributed by atoms with Crippen LogP contribution in [0.2, 0.25) is 0 Å². The van der Waals surface area contributed by atoms with Crippen molar-refractivity contribution >= 4 is 17.4 Å². The first-order valence-corrected chi connectivity index (χ1v) is 10.8. The van der Waals surface area contributed by atoms with Crippen LogP contribution in [0.4, 0.5) is 0 Å². The number of H-pyrrole nitrogens is 1. The van der Waals surface area contributed by atoms with Gasteiger partial charge in [-0.25, -0.2) is 4.98 Å². The van der Waals surface area contributed by atoms with Gasteiger partial charge in [0.2, 0.25) is 0 Å². The summed E-state index contributed by atoms with van der Waals surface area (Å²) < 4.78 is 1.82. The molecular weight excluding hydrogens is 364 g/mol. The third kappa shape index (κ3) is 3.47. The van der Waals surface area contributed by atoms with Crippen LogP contribution in [0.25, 0.3) is 17.0 Å². The average molecular weight is 391 g/mol. The molecule has 0 unspecified atom stereocenters. The predicted molar refractivity (Wildman–Crippen MR) is 117 cm³/mol. The van der Waals surface area contributed by atoms with Crippen molar-refractivity contribution in [2.45, 2.75) is 44.4 Å². The van der Waals surface area contributed by atoms with E-state index in [1.165, 1.54) is 27.3 Å². The van der Waals surface area contributed by atoms with Crippen LogP contribution in [-0.4, -0.2) is 26.1 Å². The average Bonchev–Trinajstić information content (AvgIpc) is 3.19. The number of fused-ring (bicyclic) bond motifs is 1. The molecule has 2 aromatic heterocycles. The molecule has 0 saturated heterocycles. The fourth-order valence-electron chi connectivity index (χ4n) is 3.56. The molecule has 4 aromatic rings. The minimum absolute atomic E-state index is 0.0178. The van der Waals surface area contributed by atoms with Crippen LogP contribution in [0, 0.1) is 6.92 Å². The number of hydrogen-bond acceptors (Lipinski definition) is 3. The third-order valence-electron chi connectivity index (χ3n) is 4.94. The summed E-state index contributed by atoms with van der Waals surface area (Å²) in [5, 5.41) is 8.23. The van der Waals surface area contributed by atoms with Crippen LogP contribution in [0.15, 0.2) is 53.4 Å². The minimum Gasteiger partial charge on any atom is -0.279 e. The van der Waals surface area contributed by atoms with Crippen LogP contribution in [-0.2, 0) is 11.8 Å². The van der Waals surface area contributed by atoms with Crippen molar-refractivity contribution < 1.29 is 0 Å². The van der Waals surface area contributed by atoms with Crippen molar-refractivity contribution in [1.82, 2.24) is 19.8 Å². The van der Waals surface area contributed by atoms with Crippen molar-refractivity contribution in [3.05, 3.63) is 70.9 Å². The zero-order valence-corrected chi connectivity index (χ0v) is 17.9. The summed E-state index contributed by atoms with van der Waals surface area (Å²) in [4.78, 5) is 6.08. The standard InChI is InChI=1S/C23H26N4S/c1-15-9-8-10-16(13-15)14-17-11-6-7-12-18(17)21-24-22-19(28-5)20(23(2,3)4)25-27(22)26-21/h6-13,25H,14H2,1-5H3. The Morgan fingerprint density at radius 1 is 1.07 bits per heavy atom. The monoisotopic (exact) mass is 390 g/mol. The SMILES string of the molecule is CSc1c(C(C)(C)C)[nH]n2nc(-c3ccccc3Cc3cccc(C)c3)nc12. The minimum atomic E-state index is 0.0178. The lowest BCUT2D eigenvalue weighted by atomic mass is 9.92. The van der Waals surface area contributed by atoms with Gasteiger partial charge in [0.05, 0.1) is 10.6 Å². The van der Waals surface area contributed by atoms with Crippen LogP contribution < -0.4 is 0 Å². The smallest absolute Gasteiger partial charge is 0.189 e. The van der Waals surface area contributed by atoms with Gasteiger partial charge in [0.15, 0.2) is 11.5 Å². The van der Waals surface area contributed by atoms with Gasteiger partial charge in [-0.05, 0) is 30.7 Å². The third-order valence-corrected chi connectivity index (χ3v) is 5.74. The number of aromatic amines is 1. The molecule has 0 saturated carbocycles. The molecule has 0 aliphatic rings. The Morgan fingerprint density at radius 2 is 1.86 bits per heavy atom. The normalized spacial score (nSPS) is 12.0. The largest absolute Gasteiger partial charge is 0.279 e. The maximum Gasteiger partial charge on any atom is 0.189 e. The van der Waals surface area contributed by atoms with Gasteiger partial charge in [-0.1, -0.05) is 74.9 Å². The lowest BCUT2D eigenvalue weighted by Gasteiger charge is -2.17. The first kappa shape index (κ1) is 18.8. The summed E-state index contributed by atoms with van der Waals surface area (Å²) >= 11 is 1.72. The van der Waals surface area contributed by atoms with E-state index in [1.807, 2.05) is 4.63 Å². The van der Waals surface area contributed by atoms with Gasteiger partial charge in [-0.15, -0.1) is 16.9 Å². The number of hydrogen-bond donors (Lipinski definition) is 1. The number of nitrogens with zero attached hydrogens (tertiary/aromatic N) is 3. The molecule has 0 spiro atoms. The van der Waals surface area contributed by atoms with Crippen LogP contribution >= 0.6 is 11.8 Å². The molecule has 0 atom stereocenters. The summed E-state index contributed by atoms with van der Waals surface area (Å²) in [7, 11) is 0. The molecule has 4 rings (SSSR count). The van der Waals surface area contributed by atoms with E-state index in [4.69, 9.17) is 10.1 Å². The highest BCUT2D eigenvalue weighted by molar-refractivity contribution is 7.98. The van der Waals surface area contributed by atoms with Crippen LogP contribution in [0.5, 0.6) is 0 Å². The van der Waals surface area contributed by atoms with Crippen LogP contribution in [0.3, 0.4) is 0 Å². The summed E-state index contributed by atoms with van der Waals surface area (Å²) in [6, 6.07) is 17.1. The lowest BCUT2D eigenvalue weighted by molar-refractivity contribution is 0.547. The van der Waals surface area contributed by atoms with E-state index in [-0.39, 0.29) is 5.41 Å². The molecule has 0 aliphatic heterocycles. The summed E-state index contributed by atoms with van der Waals surface area (Å²) in [6.07, 6.45) is 2.96. The highest BCUT2D eigenvalue weighted by Crippen LogP contribution is 2.34. The van der Waals surface area contributed by atoms with E-state index in [2.05, 4.69) is 87.6 Å². The van der Waals surface area contributed by atoms with Gasteiger partial charge < -0.3 is 0 Å². The van der Waals surface area contributed by atoms with Crippen molar-refractivity contribution in [2.75, 3.05) is 6.26 Å². The summed E-state index contributed by atoms with van der Waals surface area (Å²) in [6.45, 7) is 8.74. The summed E-state index contributed by atoms with van der Waals surface area (Å²) in [5.74, 6) is 0.769. The molecule has 1 N–H and O–H groups in total. The summed E-state index contributed by atoms with van der Waals surface area (Å²) in [5.41, 5.74) is 7.00. The Morgan fingerprint density at radius 3 is 2.57 bits per heavy atom. The second kappa shape index (κ2) is 7.13. The molecule has 0 fully saturated rings. The molecule has 4 nitrogen and oxygen atoms in total. The molecule has 0 radical (unpaired) electrons. The number of benzene rings is 2. The number of aryl methyl sites for hydroxylation is 1. The van der Waals surface area contributed by atoms with Crippen molar-refractivity contribution in [3.8, 4) is 11.4 Å². The maximum atomic E-state index is 4.91. The first-order chi connectivity index (χ1) is 13.4. The van der Waals surface area contributed by atoms with E-state index < -0.39 is 0 Å². The number of aromatic nitrogens is 4. The highest BCUT2D eigenvalue weighted by atomic mass is 32.2. The Labute approximate surface area is 170 Å². The zero-order valence-electron chi connectivity index (χ0n) is 17.1.